The van der Waals surface area contributed by atoms with Gasteiger partial charge in [0.05, 0.1) is 0 Å². The summed E-state index contributed by atoms with van der Waals surface area (Å²) in [6.07, 6.45) is 15.9. The van der Waals surface area contributed by atoms with Crippen molar-refractivity contribution < 1.29 is 4.42 Å². The first-order valence-corrected chi connectivity index (χ1v) is 23.8. The highest BCUT2D eigenvalue weighted by atomic mass is 16.3. The SMILES string of the molecule is CC1(C)c2cc(-c3ccccc3)ccc2-c2ccc(N(C3=CC=C(c4ccc(-c5ccc(C6=CCC=C(c7ccc8c(c7)oc7ccccc78)C=C6)cc5)cc4)C4CC34)c3ccccc3)cc21. The molecule has 0 radical (unpaired) electrons. The summed E-state index contributed by atoms with van der Waals surface area (Å²) in [5.41, 5.74) is 23.6. The molecule has 2 nitrogen and oxygen atoms in total. The van der Waals surface area contributed by atoms with Crippen LogP contribution in [0.15, 0.2) is 235 Å². The Labute approximate surface area is 392 Å². The molecule has 8 aromatic carbocycles. The maximum atomic E-state index is 6.20. The van der Waals surface area contributed by atoms with E-state index in [0.29, 0.717) is 11.8 Å². The molecule has 2 unspecified atom stereocenters. The zero-order chi connectivity index (χ0) is 44.6. The summed E-state index contributed by atoms with van der Waals surface area (Å²) in [4.78, 5) is 2.53. The van der Waals surface area contributed by atoms with Crippen LogP contribution in [-0.4, -0.2) is 0 Å². The van der Waals surface area contributed by atoms with E-state index in [1.165, 1.54) is 95.0 Å². The number of benzene rings is 8. The van der Waals surface area contributed by atoms with Crippen molar-refractivity contribution in [2.75, 3.05) is 4.90 Å². The number of fused-ring (bicyclic) bond motifs is 7. The lowest BCUT2D eigenvalue weighted by atomic mass is 9.81. The van der Waals surface area contributed by atoms with Crippen molar-refractivity contribution in [3.63, 3.8) is 0 Å². The van der Waals surface area contributed by atoms with Crippen LogP contribution in [0.2, 0.25) is 0 Å². The molecule has 1 saturated carbocycles. The molecule has 0 N–H and O–H groups in total. The fourth-order valence-corrected chi connectivity index (χ4v) is 11.2. The van der Waals surface area contributed by atoms with E-state index >= 15 is 0 Å². The number of hydrogen-bond donors (Lipinski definition) is 0. The largest absolute Gasteiger partial charge is 0.456 e. The minimum absolute atomic E-state index is 0.126. The number of rotatable bonds is 8. The summed E-state index contributed by atoms with van der Waals surface area (Å²) in [5.74, 6) is 0.977. The summed E-state index contributed by atoms with van der Waals surface area (Å²) in [7, 11) is 0. The lowest BCUT2D eigenvalue weighted by Gasteiger charge is -2.31. The quantitative estimate of drug-likeness (QED) is 0.151. The molecular formula is C65H49NO. The minimum atomic E-state index is -0.126. The van der Waals surface area contributed by atoms with Crippen LogP contribution in [-0.2, 0) is 5.41 Å². The van der Waals surface area contributed by atoms with Gasteiger partial charge >= 0.3 is 0 Å². The minimum Gasteiger partial charge on any atom is -0.456 e. The number of anilines is 2. The second kappa shape index (κ2) is 15.6. The van der Waals surface area contributed by atoms with Crippen LogP contribution < -0.4 is 4.90 Å². The highest BCUT2D eigenvalue weighted by Crippen LogP contribution is 2.58. The van der Waals surface area contributed by atoms with Crippen LogP contribution >= 0.6 is 0 Å². The molecule has 13 rings (SSSR count). The van der Waals surface area contributed by atoms with Crippen LogP contribution in [0.4, 0.5) is 11.4 Å². The van der Waals surface area contributed by atoms with E-state index in [-0.39, 0.29) is 5.41 Å². The van der Waals surface area contributed by atoms with E-state index in [0.717, 1.165) is 34.8 Å². The number of furan rings is 1. The van der Waals surface area contributed by atoms with Gasteiger partial charge < -0.3 is 9.32 Å². The molecule has 4 aliphatic rings. The number of allylic oxidation sites excluding steroid dienone is 10. The van der Waals surface area contributed by atoms with Crippen molar-refractivity contribution in [3.05, 3.63) is 258 Å². The van der Waals surface area contributed by atoms with Gasteiger partial charge in [0.25, 0.3) is 0 Å². The summed E-state index contributed by atoms with van der Waals surface area (Å²) < 4.78 is 6.20. The van der Waals surface area contributed by atoms with E-state index in [9.17, 15) is 0 Å². The van der Waals surface area contributed by atoms with Gasteiger partial charge in [-0.15, -0.1) is 0 Å². The highest BCUT2D eigenvalue weighted by Gasteiger charge is 2.47. The highest BCUT2D eigenvalue weighted by molar-refractivity contribution is 6.05. The van der Waals surface area contributed by atoms with E-state index in [1.54, 1.807) is 0 Å². The molecule has 0 bridgehead atoms. The third-order valence-electron chi connectivity index (χ3n) is 14.9. The molecule has 0 spiro atoms. The third kappa shape index (κ3) is 6.78. The normalized spacial score (nSPS) is 17.7. The molecule has 4 aliphatic carbocycles. The summed E-state index contributed by atoms with van der Waals surface area (Å²) in [6, 6.07) is 69.0. The molecule has 1 heterocycles. The summed E-state index contributed by atoms with van der Waals surface area (Å²) in [5, 5.41) is 2.32. The van der Waals surface area contributed by atoms with Crippen molar-refractivity contribution in [1.82, 2.24) is 0 Å². The second-order valence-electron chi connectivity index (χ2n) is 19.2. The monoisotopic (exact) mass is 859 g/mol. The molecule has 0 saturated heterocycles. The molecule has 320 valence electrons. The lowest BCUT2D eigenvalue weighted by molar-refractivity contribution is 0.660. The Hall–Kier alpha value is -7.94. The molecule has 67 heavy (non-hydrogen) atoms. The Morgan fingerprint density at radius 3 is 1.79 bits per heavy atom. The smallest absolute Gasteiger partial charge is 0.136 e. The Balaban J connectivity index is 0.736. The van der Waals surface area contributed by atoms with Gasteiger partial charge in [-0.3, -0.25) is 0 Å². The molecule has 1 aromatic heterocycles. The zero-order valence-electron chi connectivity index (χ0n) is 37.8. The fourth-order valence-electron chi connectivity index (χ4n) is 11.2. The first kappa shape index (κ1) is 39.4. The molecule has 0 amide bonds. The molecular weight excluding hydrogens is 811 g/mol. The Morgan fingerprint density at radius 1 is 0.448 bits per heavy atom. The van der Waals surface area contributed by atoms with Gasteiger partial charge in [0.2, 0.25) is 0 Å². The number of hydrogen-bond acceptors (Lipinski definition) is 2. The van der Waals surface area contributed by atoms with Crippen LogP contribution in [0.5, 0.6) is 0 Å². The molecule has 0 aliphatic heterocycles. The van der Waals surface area contributed by atoms with Crippen LogP contribution in [0.3, 0.4) is 0 Å². The maximum absolute atomic E-state index is 6.20. The van der Waals surface area contributed by atoms with Gasteiger partial charge in [0.15, 0.2) is 0 Å². The standard InChI is InChI=1S/C65H49NO/c1-65(2)60-38-49(42-12-5-3-6-13-42)30-33-54(60)55-35-32-52(40-61(55)65)66(51-16-7-4-8-17-51)62-37-36-53(58-41-59(58)62)48-28-26-47(27-29-48)46-24-22-45(23-25-46)43-14-11-15-44(21-20-43)50-31-34-57-56-18-9-10-19-63(56)67-64(57)39-50/h3-10,12-40,58-59H,11,41H2,1-2H3. The Morgan fingerprint density at radius 2 is 1.03 bits per heavy atom. The average molecular weight is 860 g/mol. The predicted molar refractivity (Wildman–Crippen MR) is 281 cm³/mol. The molecule has 2 heteroatoms. The fraction of sp³-hybridized carbons (Fsp3) is 0.108. The lowest BCUT2D eigenvalue weighted by Crippen LogP contribution is -2.21. The Bertz CT molecular complexity index is 3580. The summed E-state index contributed by atoms with van der Waals surface area (Å²) in [6.45, 7) is 4.78. The topological polar surface area (TPSA) is 16.4 Å². The van der Waals surface area contributed by atoms with E-state index in [1.807, 2.05) is 12.1 Å². The van der Waals surface area contributed by atoms with Crippen molar-refractivity contribution in [3.8, 4) is 33.4 Å². The van der Waals surface area contributed by atoms with Gasteiger partial charge in [-0.05, 0) is 151 Å². The van der Waals surface area contributed by atoms with Crippen LogP contribution in [0.1, 0.15) is 54.5 Å². The zero-order valence-corrected chi connectivity index (χ0v) is 37.8. The summed E-state index contributed by atoms with van der Waals surface area (Å²) >= 11 is 0. The molecule has 2 atom stereocenters. The van der Waals surface area contributed by atoms with E-state index in [4.69, 9.17) is 4.42 Å². The van der Waals surface area contributed by atoms with Crippen molar-refractivity contribution >= 4 is 50.0 Å². The molecule has 1 fully saturated rings. The first-order chi connectivity index (χ1) is 32.9. The van der Waals surface area contributed by atoms with Gasteiger partial charge in [-0.2, -0.15) is 0 Å². The van der Waals surface area contributed by atoms with Crippen molar-refractivity contribution in [2.24, 2.45) is 11.8 Å². The number of nitrogens with zero attached hydrogens (tertiary/aromatic N) is 1. The number of para-hydroxylation sites is 2. The van der Waals surface area contributed by atoms with Crippen LogP contribution in [0.25, 0.3) is 72.0 Å². The van der Waals surface area contributed by atoms with Crippen LogP contribution in [0, 0.1) is 11.8 Å². The van der Waals surface area contributed by atoms with E-state index < -0.39 is 0 Å². The first-order valence-electron chi connectivity index (χ1n) is 23.8. The van der Waals surface area contributed by atoms with Gasteiger partial charge in [0, 0.05) is 39.2 Å². The second-order valence-corrected chi connectivity index (χ2v) is 19.2. The average Bonchev–Trinajstić information content (AvgIpc) is 4.12. The van der Waals surface area contributed by atoms with Gasteiger partial charge in [0.1, 0.15) is 11.2 Å². The van der Waals surface area contributed by atoms with Gasteiger partial charge in [-0.1, -0.05) is 184 Å². The van der Waals surface area contributed by atoms with Crippen molar-refractivity contribution in [1.29, 1.82) is 0 Å². The third-order valence-corrected chi connectivity index (χ3v) is 14.9. The van der Waals surface area contributed by atoms with Crippen molar-refractivity contribution in [2.45, 2.75) is 32.1 Å². The van der Waals surface area contributed by atoms with Gasteiger partial charge in [-0.25, -0.2) is 0 Å². The Kier molecular flexibility index (Phi) is 9.18. The van der Waals surface area contributed by atoms with E-state index in [2.05, 4.69) is 231 Å². The molecule has 9 aromatic rings. The maximum Gasteiger partial charge on any atom is 0.136 e. The predicted octanol–water partition coefficient (Wildman–Crippen LogP) is 17.4.